The van der Waals surface area contributed by atoms with Crippen molar-refractivity contribution in [1.82, 2.24) is 0 Å². The van der Waals surface area contributed by atoms with E-state index in [1.165, 1.54) is 6.92 Å². The van der Waals surface area contributed by atoms with Gasteiger partial charge in [-0.1, -0.05) is 0 Å². The smallest absolute Gasteiger partial charge is 0.229 e. The van der Waals surface area contributed by atoms with Crippen LogP contribution in [0.5, 0.6) is 5.75 Å². The highest BCUT2D eigenvalue weighted by Gasteiger charge is 2.44. The maximum Gasteiger partial charge on any atom is 0.229 e. The Balaban J connectivity index is 2.04. The molecule has 0 spiro atoms. The van der Waals surface area contributed by atoms with E-state index in [2.05, 4.69) is 5.32 Å². The number of hydrogen-bond donors (Lipinski definition) is 5. The molecular formula is C14H19NO7. The average Bonchev–Trinajstić information content (AvgIpc) is 2.49. The minimum atomic E-state index is -1.49. The minimum absolute atomic E-state index is 0.206. The van der Waals surface area contributed by atoms with Gasteiger partial charge in [-0.3, -0.25) is 4.79 Å². The maximum atomic E-state index is 10.9. The van der Waals surface area contributed by atoms with Crippen LogP contribution in [-0.4, -0.2) is 63.6 Å². The Kier molecular flexibility index (Phi) is 5.33. The molecule has 0 aromatic heterocycles. The van der Waals surface area contributed by atoms with Crippen molar-refractivity contribution < 1.29 is 34.7 Å². The van der Waals surface area contributed by atoms with Gasteiger partial charge in [0.25, 0.3) is 0 Å². The SMILES string of the molecule is CC(=O)Nc1ccc(O[C@H]2O[C@H](CO)C(O)C(O)C2O)cc1. The third-order valence-corrected chi connectivity index (χ3v) is 3.28. The van der Waals surface area contributed by atoms with Crippen molar-refractivity contribution in [3.05, 3.63) is 24.3 Å². The van der Waals surface area contributed by atoms with Crippen LogP contribution in [0.2, 0.25) is 0 Å². The molecule has 1 fully saturated rings. The highest BCUT2D eigenvalue weighted by atomic mass is 16.7. The van der Waals surface area contributed by atoms with Crippen molar-refractivity contribution >= 4 is 11.6 Å². The van der Waals surface area contributed by atoms with Crippen molar-refractivity contribution in [2.24, 2.45) is 0 Å². The summed E-state index contributed by atoms with van der Waals surface area (Å²) in [5, 5.41) is 40.9. The lowest BCUT2D eigenvalue weighted by atomic mass is 9.99. The van der Waals surface area contributed by atoms with Crippen molar-refractivity contribution in [2.45, 2.75) is 37.6 Å². The molecule has 8 nitrogen and oxygen atoms in total. The zero-order chi connectivity index (χ0) is 16.3. The molecule has 1 heterocycles. The summed E-state index contributed by atoms with van der Waals surface area (Å²) in [7, 11) is 0. The fourth-order valence-corrected chi connectivity index (χ4v) is 2.12. The largest absolute Gasteiger partial charge is 0.462 e. The summed E-state index contributed by atoms with van der Waals surface area (Å²) < 4.78 is 10.6. The predicted molar refractivity (Wildman–Crippen MR) is 75.1 cm³/mol. The first-order chi connectivity index (χ1) is 10.4. The zero-order valence-electron chi connectivity index (χ0n) is 11.9. The third-order valence-electron chi connectivity index (χ3n) is 3.28. The van der Waals surface area contributed by atoms with Gasteiger partial charge in [0.15, 0.2) is 0 Å². The number of nitrogens with one attached hydrogen (secondary N) is 1. The van der Waals surface area contributed by atoms with Gasteiger partial charge in [0.05, 0.1) is 6.61 Å². The molecule has 1 aliphatic rings. The standard InChI is InChI=1S/C14H19NO7/c1-7(17)15-8-2-4-9(5-3-8)21-14-13(20)12(19)11(18)10(6-16)22-14/h2-5,10-14,16,18-20H,6H2,1H3,(H,15,17)/t10-,11?,12?,13?,14+/m1/s1. The molecule has 3 unspecified atom stereocenters. The summed E-state index contributed by atoms with van der Waals surface area (Å²) in [5.74, 6) is 0.126. The quantitative estimate of drug-likeness (QED) is 0.473. The first-order valence-corrected chi connectivity index (χ1v) is 6.77. The molecule has 1 aromatic rings. The van der Waals surface area contributed by atoms with E-state index in [-0.39, 0.29) is 5.91 Å². The summed E-state index contributed by atoms with van der Waals surface area (Å²) in [6, 6.07) is 6.29. The molecule has 22 heavy (non-hydrogen) atoms. The van der Waals surface area contributed by atoms with Gasteiger partial charge in [0.2, 0.25) is 12.2 Å². The number of aliphatic hydroxyl groups excluding tert-OH is 4. The summed E-state index contributed by atoms with van der Waals surface area (Å²) >= 11 is 0. The fraction of sp³-hybridized carbons (Fsp3) is 0.500. The van der Waals surface area contributed by atoms with Gasteiger partial charge in [-0.25, -0.2) is 0 Å². The average molecular weight is 313 g/mol. The van der Waals surface area contributed by atoms with Gasteiger partial charge >= 0.3 is 0 Å². The lowest BCUT2D eigenvalue weighted by molar-refractivity contribution is -0.277. The number of hydrogen-bond acceptors (Lipinski definition) is 7. The normalized spacial score (nSPS) is 31.6. The molecule has 0 aliphatic carbocycles. The number of ether oxygens (including phenoxy) is 2. The third kappa shape index (κ3) is 3.73. The number of amides is 1. The summed E-state index contributed by atoms with van der Waals surface area (Å²) in [5.41, 5.74) is 0.577. The molecule has 8 heteroatoms. The van der Waals surface area contributed by atoms with Crippen molar-refractivity contribution in [3.63, 3.8) is 0 Å². The molecular weight excluding hydrogens is 294 g/mol. The van der Waals surface area contributed by atoms with E-state index in [9.17, 15) is 20.1 Å². The van der Waals surface area contributed by atoms with Crippen molar-refractivity contribution in [2.75, 3.05) is 11.9 Å². The molecule has 1 amide bonds. The zero-order valence-corrected chi connectivity index (χ0v) is 11.9. The van der Waals surface area contributed by atoms with E-state index in [0.29, 0.717) is 11.4 Å². The molecule has 5 atom stereocenters. The van der Waals surface area contributed by atoms with E-state index in [1.54, 1.807) is 24.3 Å². The van der Waals surface area contributed by atoms with Crippen LogP contribution in [0.3, 0.4) is 0 Å². The van der Waals surface area contributed by atoms with Crippen LogP contribution in [0.25, 0.3) is 0 Å². The van der Waals surface area contributed by atoms with Crippen LogP contribution in [0, 0.1) is 0 Å². The van der Waals surface area contributed by atoms with Gasteiger partial charge in [-0.15, -0.1) is 0 Å². The summed E-state index contributed by atoms with van der Waals surface area (Å²) in [6.07, 6.45) is -6.64. The van der Waals surface area contributed by atoms with Crippen LogP contribution in [-0.2, 0) is 9.53 Å². The van der Waals surface area contributed by atoms with Gasteiger partial charge in [-0.05, 0) is 24.3 Å². The van der Waals surface area contributed by atoms with E-state index in [4.69, 9.17) is 14.6 Å². The van der Waals surface area contributed by atoms with Crippen LogP contribution in [0.4, 0.5) is 5.69 Å². The molecule has 5 N–H and O–H groups in total. The number of anilines is 1. The van der Waals surface area contributed by atoms with E-state index in [0.717, 1.165) is 0 Å². The molecule has 2 rings (SSSR count). The predicted octanol–water partition coefficient (Wildman–Crippen LogP) is -1.18. The van der Waals surface area contributed by atoms with Crippen LogP contribution < -0.4 is 10.1 Å². The second-order valence-electron chi connectivity index (χ2n) is 5.02. The Bertz CT molecular complexity index is 504. The number of rotatable bonds is 4. The molecule has 1 aliphatic heterocycles. The van der Waals surface area contributed by atoms with Gasteiger partial charge in [-0.2, -0.15) is 0 Å². The lowest BCUT2D eigenvalue weighted by Crippen LogP contribution is -2.60. The maximum absolute atomic E-state index is 10.9. The number of aliphatic hydroxyl groups is 4. The second-order valence-corrected chi connectivity index (χ2v) is 5.02. The summed E-state index contributed by atoms with van der Waals surface area (Å²) in [6.45, 7) is 0.866. The second kappa shape index (κ2) is 7.03. The highest BCUT2D eigenvalue weighted by molar-refractivity contribution is 5.88. The number of benzene rings is 1. The van der Waals surface area contributed by atoms with Crippen LogP contribution >= 0.6 is 0 Å². The van der Waals surface area contributed by atoms with Crippen LogP contribution in [0.15, 0.2) is 24.3 Å². The highest BCUT2D eigenvalue weighted by Crippen LogP contribution is 2.25. The fourth-order valence-electron chi connectivity index (χ4n) is 2.12. The Hall–Kier alpha value is -1.71. The Morgan fingerprint density at radius 2 is 1.82 bits per heavy atom. The molecule has 0 bridgehead atoms. The first kappa shape index (κ1) is 16.7. The molecule has 0 radical (unpaired) electrons. The van der Waals surface area contributed by atoms with Crippen molar-refractivity contribution in [3.8, 4) is 5.75 Å². The van der Waals surface area contributed by atoms with Gasteiger partial charge in [0.1, 0.15) is 30.2 Å². The monoisotopic (exact) mass is 313 g/mol. The molecule has 0 saturated carbocycles. The Labute approximate surface area is 126 Å². The van der Waals surface area contributed by atoms with Crippen molar-refractivity contribution in [1.29, 1.82) is 0 Å². The number of carbonyl (C=O) groups excluding carboxylic acids is 1. The van der Waals surface area contributed by atoms with Gasteiger partial charge in [0, 0.05) is 12.6 Å². The number of carbonyl (C=O) groups is 1. The Morgan fingerprint density at radius 3 is 2.36 bits per heavy atom. The van der Waals surface area contributed by atoms with E-state index in [1.807, 2.05) is 0 Å². The van der Waals surface area contributed by atoms with Gasteiger partial charge < -0.3 is 35.2 Å². The molecule has 1 saturated heterocycles. The summed E-state index contributed by atoms with van der Waals surface area (Å²) in [4.78, 5) is 10.9. The minimum Gasteiger partial charge on any atom is -0.462 e. The van der Waals surface area contributed by atoms with E-state index < -0.39 is 37.3 Å². The lowest BCUT2D eigenvalue weighted by Gasteiger charge is -2.39. The molecule has 122 valence electrons. The van der Waals surface area contributed by atoms with Crippen LogP contribution in [0.1, 0.15) is 6.92 Å². The first-order valence-electron chi connectivity index (χ1n) is 6.77. The topological polar surface area (TPSA) is 128 Å². The molecule has 1 aromatic carbocycles. The van der Waals surface area contributed by atoms with E-state index >= 15 is 0 Å². The Morgan fingerprint density at radius 1 is 1.18 bits per heavy atom.